The first-order valence-corrected chi connectivity index (χ1v) is 6.88. The summed E-state index contributed by atoms with van der Waals surface area (Å²) in [5.41, 5.74) is 3.18. The maximum atomic E-state index is 12.4. The van der Waals surface area contributed by atoms with E-state index in [-0.39, 0.29) is 43.5 Å². The molecule has 2 heterocycles. The predicted octanol–water partition coefficient (Wildman–Crippen LogP) is -0.368. The van der Waals surface area contributed by atoms with Crippen LogP contribution in [-0.2, 0) is 22.7 Å². The predicted molar refractivity (Wildman–Crippen MR) is 72.8 cm³/mol. The van der Waals surface area contributed by atoms with E-state index in [2.05, 4.69) is 5.32 Å². The molecular weight excluding hydrogens is 290 g/mol. The summed E-state index contributed by atoms with van der Waals surface area (Å²) >= 11 is 0. The highest BCUT2D eigenvalue weighted by Crippen LogP contribution is 2.35. The molecular formula is C14H15N3O5. The smallest absolute Gasteiger partial charge is 0.255 e. The summed E-state index contributed by atoms with van der Waals surface area (Å²) in [7, 11) is 0. The molecule has 1 saturated heterocycles. The number of fused-ring (bicyclic) bond motifs is 1. The van der Waals surface area contributed by atoms with Crippen molar-refractivity contribution in [2.24, 2.45) is 0 Å². The summed E-state index contributed by atoms with van der Waals surface area (Å²) in [6.07, 6.45) is 0.457. The Morgan fingerprint density at radius 3 is 2.77 bits per heavy atom. The standard InChI is InChI=1S/C14H15N3O5/c18-11-4-3-10(13(20)16-11)17-6-9-8(14(17)21)2-1-7(5-15-22)12(9)19/h1-2,10,15,19,22H,3-6H2,(H,16,18,20). The Morgan fingerprint density at radius 1 is 1.32 bits per heavy atom. The van der Waals surface area contributed by atoms with E-state index >= 15 is 0 Å². The van der Waals surface area contributed by atoms with Gasteiger partial charge in [-0.2, -0.15) is 0 Å². The van der Waals surface area contributed by atoms with Crippen LogP contribution in [0.4, 0.5) is 0 Å². The van der Waals surface area contributed by atoms with Crippen LogP contribution in [0.5, 0.6) is 5.75 Å². The van der Waals surface area contributed by atoms with Crippen molar-refractivity contribution in [3.63, 3.8) is 0 Å². The molecule has 4 N–H and O–H groups in total. The number of hydrogen-bond acceptors (Lipinski definition) is 6. The van der Waals surface area contributed by atoms with Gasteiger partial charge >= 0.3 is 0 Å². The minimum atomic E-state index is -0.712. The number of nitrogens with zero attached hydrogens (tertiary/aromatic N) is 1. The van der Waals surface area contributed by atoms with Crippen LogP contribution in [0.2, 0.25) is 0 Å². The number of hydrogen-bond donors (Lipinski definition) is 4. The highest BCUT2D eigenvalue weighted by Gasteiger charge is 2.40. The van der Waals surface area contributed by atoms with Gasteiger partial charge in [0.05, 0.1) is 6.54 Å². The second-order valence-corrected chi connectivity index (χ2v) is 5.33. The third-order valence-electron chi connectivity index (χ3n) is 4.04. The van der Waals surface area contributed by atoms with Crippen LogP contribution in [0.3, 0.4) is 0 Å². The molecule has 1 fully saturated rings. The Balaban J connectivity index is 1.89. The van der Waals surface area contributed by atoms with E-state index in [1.54, 1.807) is 12.1 Å². The molecule has 2 aliphatic heterocycles. The molecule has 1 aromatic carbocycles. The van der Waals surface area contributed by atoms with Gasteiger partial charge in [0.2, 0.25) is 11.8 Å². The van der Waals surface area contributed by atoms with Gasteiger partial charge in [0.25, 0.3) is 5.91 Å². The molecule has 0 aromatic heterocycles. The van der Waals surface area contributed by atoms with Crippen LogP contribution in [0.1, 0.15) is 34.3 Å². The number of hydroxylamine groups is 1. The Morgan fingerprint density at radius 2 is 2.09 bits per heavy atom. The lowest BCUT2D eigenvalue weighted by atomic mass is 10.0. The molecule has 0 spiro atoms. The van der Waals surface area contributed by atoms with Gasteiger partial charge in [-0.1, -0.05) is 6.07 Å². The number of piperidine rings is 1. The quantitative estimate of drug-likeness (QED) is 0.447. The Bertz CT molecular complexity index is 673. The van der Waals surface area contributed by atoms with Crippen molar-refractivity contribution in [3.05, 3.63) is 28.8 Å². The molecule has 0 saturated carbocycles. The van der Waals surface area contributed by atoms with E-state index in [1.165, 1.54) is 4.90 Å². The van der Waals surface area contributed by atoms with E-state index in [1.807, 2.05) is 5.48 Å². The van der Waals surface area contributed by atoms with Gasteiger partial charge in [-0.25, -0.2) is 5.48 Å². The third kappa shape index (κ3) is 2.22. The lowest BCUT2D eigenvalue weighted by Crippen LogP contribution is -2.52. The maximum absolute atomic E-state index is 12.4. The molecule has 2 aliphatic rings. The van der Waals surface area contributed by atoms with Gasteiger partial charge < -0.3 is 15.2 Å². The van der Waals surface area contributed by atoms with Gasteiger partial charge in [0.1, 0.15) is 11.8 Å². The summed E-state index contributed by atoms with van der Waals surface area (Å²) in [5.74, 6) is -1.25. The van der Waals surface area contributed by atoms with Crippen molar-refractivity contribution < 1.29 is 24.7 Å². The van der Waals surface area contributed by atoms with Gasteiger partial charge in [-0.05, 0) is 12.5 Å². The fraction of sp³-hybridized carbons (Fsp3) is 0.357. The first-order chi connectivity index (χ1) is 10.5. The molecule has 3 rings (SSSR count). The first kappa shape index (κ1) is 14.5. The number of benzene rings is 1. The number of carbonyl (C=O) groups is 3. The molecule has 3 amide bonds. The number of phenolic OH excluding ortho intramolecular Hbond substituents is 1. The summed E-state index contributed by atoms with van der Waals surface area (Å²) in [5, 5.41) is 21.2. The van der Waals surface area contributed by atoms with Crippen LogP contribution >= 0.6 is 0 Å². The molecule has 116 valence electrons. The van der Waals surface area contributed by atoms with Crippen LogP contribution in [0, 0.1) is 0 Å². The van der Waals surface area contributed by atoms with E-state index in [4.69, 9.17) is 5.21 Å². The second-order valence-electron chi connectivity index (χ2n) is 5.33. The van der Waals surface area contributed by atoms with E-state index in [9.17, 15) is 19.5 Å². The van der Waals surface area contributed by atoms with Crippen LogP contribution < -0.4 is 10.8 Å². The average Bonchev–Trinajstić information content (AvgIpc) is 2.80. The largest absolute Gasteiger partial charge is 0.507 e. The minimum absolute atomic E-state index is 0.0473. The highest BCUT2D eigenvalue weighted by atomic mass is 16.5. The second kappa shape index (κ2) is 5.39. The average molecular weight is 305 g/mol. The monoisotopic (exact) mass is 305 g/mol. The fourth-order valence-electron chi connectivity index (χ4n) is 2.90. The van der Waals surface area contributed by atoms with Crippen LogP contribution in [0.15, 0.2) is 12.1 Å². The van der Waals surface area contributed by atoms with Crippen molar-refractivity contribution in [1.82, 2.24) is 15.7 Å². The van der Waals surface area contributed by atoms with Crippen molar-refractivity contribution in [3.8, 4) is 5.75 Å². The molecule has 8 nitrogen and oxygen atoms in total. The number of nitrogens with one attached hydrogen (secondary N) is 2. The highest BCUT2D eigenvalue weighted by molar-refractivity contribution is 6.05. The third-order valence-corrected chi connectivity index (χ3v) is 4.04. The number of aromatic hydroxyl groups is 1. The minimum Gasteiger partial charge on any atom is -0.507 e. The normalized spacial score (nSPS) is 21.0. The topological polar surface area (TPSA) is 119 Å². The zero-order valence-electron chi connectivity index (χ0n) is 11.6. The number of imide groups is 1. The molecule has 22 heavy (non-hydrogen) atoms. The number of phenols is 1. The maximum Gasteiger partial charge on any atom is 0.255 e. The lowest BCUT2D eigenvalue weighted by Gasteiger charge is -2.29. The molecule has 1 aromatic rings. The van der Waals surface area contributed by atoms with Gasteiger partial charge in [-0.3, -0.25) is 19.7 Å². The molecule has 0 aliphatic carbocycles. The Labute approximate surface area is 125 Å². The summed E-state index contributed by atoms with van der Waals surface area (Å²) in [4.78, 5) is 36.9. The number of rotatable bonds is 3. The summed E-state index contributed by atoms with van der Waals surface area (Å²) in [6, 6.07) is 2.40. The van der Waals surface area contributed by atoms with Gasteiger partial charge in [-0.15, -0.1) is 0 Å². The SMILES string of the molecule is O=C1CCC(N2Cc3c(ccc(CNO)c3O)C2=O)C(=O)N1. The number of carbonyl (C=O) groups excluding carboxylic acids is 3. The zero-order valence-corrected chi connectivity index (χ0v) is 11.6. The van der Waals surface area contributed by atoms with E-state index in [0.717, 1.165) is 0 Å². The Hall–Kier alpha value is -2.45. The summed E-state index contributed by atoms with van der Waals surface area (Å²) < 4.78 is 0. The van der Waals surface area contributed by atoms with E-state index < -0.39 is 11.9 Å². The first-order valence-electron chi connectivity index (χ1n) is 6.88. The molecule has 8 heteroatoms. The van der Waals surface area contributed by atoms with Crippen LogP contribution in [0.25, 0.3) is 0 Å². The van der Waals surface area contributed by atoms with Crippen molar-refractivity contribution in [2.45, 2.75) is 32.0 Å². The molecule has 1 unspecified atom stereocenters. The lowest BCUT2D eigenvalue weighted by molar-refractivity contribution is -0.136. The Kier molecular flexibility index (Phi) is 3.55. The fourth-order valence-corrected chi connectivity index (χ4v) is 2.90. The van der Waals surface area contributed by atoms with Gasteiger partial charge in [0.15, 0.2) is 0 Å². The van der Waals surface area contributed by atoms with Gasteiger partial charge in [0, 0.05) is 29.7 Å². The molecule has 1 atom stereocenters. The van der Waals surface area contributed by atoms with E-state index in [0.29, 0.717) is 16.7 Å². The van der Waals surface area contributed by atoms with Crippen LogP contribution in [-0.4, -0.2) is 39.0 Å². The number of amides is 3. The molecule has 0 radical (unpaired) electrons. The van der Waals surface area contributed by atoms with Crippen molar-refractivity contribution >= 4 is 17.7 Å². The van der Waals surface area contributed by atoms with Crippen molar-refractivity contribution in [1.29, 1.82) is 0 Å². The molecule has 0 bridgehead atoms. The zero-order chi connectivity index (χ0) is 15.9. The summed E-state index contributed by atoms with van der Waals surface area (Å²) in [6.45, 7) is 0.150. The van der Waals surface area contributed by atoms with Crippen molar-refractivity contribution in [2.75, 3.05) is 0 Å².